The zero-order valence-corrected chi connectivity index (χ0v) is 33.2. The largest absolute Gasteiger partial charge is 0.382 e. The smallest absolute Gasteiger partial charge is 0.264 e. The van der Waals surface area contributed by atoms with Gasteiger partial charge < -0.3 is 24.8 Å². The summed E-state index contributed by atoms with van der Waals surface area (Å²) in [5.41, 5.74) is 3.33. The molecule has 3 aromatic heterocycles. The van der Waals surface area contributed by atoms with Crippen LogP contribution in [0.15, 0.2) is 48.9 Å². The maximum absolute atomic E-state index is 13.6. The van der Waals surface area contributed by atoms with Gasteiger partial charge in [-0.2, -0.15) is 15.0 Å². The van der Waals surface area contributed by atoms with Crippen LogP contribution in [0.2, 0.25) is 0 Å². The van der Waals surface area contributed by atoms with Crippen LogP contribution in [-0.4, -0.2) is 112 Å². The van der Waals surface area contributed by atoms with Crippen molar-refractivity contribution in [2.24, 2.45) is 11.8 Å². The number of carbonyl (C=O) groups is 5. The van der Waals surface area contributed by atoms with E-state index in [4.69, 9.17) is 14.2 Å². The molecule has 17 nitrogen and oxygen atoms in total. The van der Waals surface area contributed by atoms with E-state index in [0.29, 0.717) is 98.8 Å². The lowest BCUT2D eigenvalue weighted by molar-refractivity contribution is -0.136. The van der Waals surface area contributed by atoms with Crippen LogP contribution in [0.1, 0.15) is 94.4 Å². The highest BCUT2D eigenvalue weighted by molar-refractivity contribution is 6.25. The predicted octanol–water partition coefficient (Wildman–Crippen LogP) is 4.20. The fourth-order valence-corrected chi connectivity index (χ4v) is 8.08. The normalized spacial score (nSPS) is 20.2. The van der Waals surface area contributed by atoms with Crippen molar-refractivity contribution in [3.63, 3.8) is 0 Å². The van der Waals surface area contributed by atoms with E-state index in [1.807, 2.05) is 6.07 Å². The maximum Gasteiger partial charge on any atom is 0.264 e. The van der Waals surface area contributed by atoms with Crippen LogP contribution in [0.3, 0.4) is 0 Å². The standard InChI is InChI=1S/C43H47N9O8/c44-21-28-18-29-23-48-52(40(29)47-22-28)37-20-34(49-30-8-9-30)32(24-46-37)36(53)19-26-4-6-27(7-5-26)25-60-17-16-59-15-14-58-13-12-45-33-3-1-2-31-39(33)43(57)51(42(31)56)35-10-11-38(54)50-41(35)55/h1-3,18,20,22-24,26-27,30,35,45H,4-17,19,25H2,(H,46,49)(H,50,54,55). The SMILES string of the molecule is N#Cc1cnc2c(cnn2-c2cc(NC3CC3)c(C(=O)CC3CCC(COCCOCCOCCNc4cccc5c4C(=O)N(C4CCC(=O)NC4=O)C5=O)CC3)cn2)c1. The lowest BCUT2D eigenvalue weighted by Gasteiger charge is -2.28. The second-order valence-electron chi connectivity index (χ2n) is 15.7. The molecule has 4 aromatic rings. The molecule has 8 rings (SSSR count). The van der Waals surface area contributed by atoms with Crippen LogP contribution >= 0.6 is 0 Å². The number of hydrogen-bond donors (Lipinski definition) is 3. The third-order valence-electron chi connectivity index (χ3n) is 11.4. The van der Waals surface area contributed by atoms with Gasteiger partial charge in [-0.1, -0.05) is 6.07 Å². The number of fused-ring (bicyclic) bond motifs is 2. The molecule has 2 saturated carbocycles. The van der Waals surface area contributed by atoms with Gasteiger partial charge in [0.15, 0.2) is 17.2 Å². The molecule has 1 atom stereocenters. The van der Waals surface area contributed by atoms with Crippen molar-refractivity contribution in [3.05, 3.63) is 71.2 Å². The fraction of sp³-hybridized carbons (Fsp3) is 0.465. The number of Topliss-reactive ketones (excluding diaryl/α,β-unsaturated/α-hetero) is 1. The van der Waals surface area contributed by atoms with E-state index in [0.717, 1.165) is 54.5 Å². The highest BCUT2D eigenvalue weighted by Crippen LogP contribution is 2.35. The number of nitrogens with zero attached hydrogens (tertiary/aromatic N) is 6. The highest BCUT2D eigenvalue weighted by Gasteiger charge is 2.45. The third kappa shape index (κ3) is 9.20. The minimum atomic E-state index is -1.02. The molecule has 312 valence electrons. The summed E-state index contributed by atoms with van der Waals surface area (Å²) in [7, 11) is 0. The monoisotopic (exact) mass is 817 g/mol. The number of ether oxygens (including phenoxy) is 3. The first-order valence-electron chi connectivity index (χ1n) is 20.6. The number of amides is 4. The average Bonchev–Trinajstić information content (AvgIpc) is 3.91. The molecule has 17 heteroatoms. The number of pyridine rings is 2. The highest BCUT2D eigenvalue weighted by atomic mass is 16.5. The van der Waals surface area contributed by atoms with Crippen LogP contribution in [0.4, 0.5) is 11.4 Å². The Morgan fingerprint density at radius 2 is 1.62 bits per heavy atom. The first kappa shape index (κ1) is 40.7. The summed E-state index contributed by atoms with van der Waals surface area (Å²) in [6.07, 6.45) is 11.5. The molecule has 0 spiro atoms. The number of hydrogen-bond acceptors (Lipinski definition) is 14. The molecule has 5 heterocycles. The maximum atomic E-state index is 13.6. The summed E-state index contributed by atoms with van der Waals surface area (Å²) in [6, 6.07) is 9.97. The van der Waals surface area contributed by atoms with Crippen LogP contribution in [0.25, 0.3) is 16.9 Å². The van der Waals surface area contributed by atoms with E-state index >= 15 is 0 Å². The molecular formula is C43H47N9O8. The van der Waals surface area contributed by atoms with Crippen molar-refractivity contribution in [2.45, 2.75) is 69.9 Å². The minimum Gasteiger partial charge on any atom is -0.382 e. The van der Waals surface area contributed by atoms with Gasteiger partial charge in [-0.3, -0.25) is 34.2 Å². The number of anilines is 2. The van der Waals surface area contributed by atoms with E-state index in [9.17, 15) is 29.2 Å². The van der Waals surface area contributed by atoms with Crippen LogP contribution < -0.4 is 16.0 Å². The number of aromatic nitrogens is 4. The molecule has 3 N–H and O–H groups in total. The van der Waals surface area contributed by atoms with E-state index in [1.54, 1.807) is 41.3 Å². The Bertz CT molecular complexity index is 2330. The van der Waals surface area contributed by atoms with Gasteiger partial charge in [-0.15, -0.1) is 0 Å². The first-order chi connectivity index (χ1) is 29.3. The topological polar surface area (TPSA) is 220 Å². The number of nitrogens with one attached hydrogen (secondary N) is 3. The van der Waals surface area contributed by atoms with E-state index < -0.39 is 29.7 Å². The number of piperidine rings is 1. The van der Waals surface area contributed by atoms with Gasteiger partial charge in [-0.05, 0) is 75.0 Å². The zero-order valence-electron chi connectivity index (χ0n) is 33.2. The van der Waals surface area contributed by atoms with Crippen LogP contribution in [-0.2, 0) is 23.8 Å². The lowest BCUT2D eigenvalue weighted by atomic mass is 9.79. The summed E-state index contributed by atoms with van der Waals surface area (Å²) in [6.45, 7) is 3.08. The van der Waals surface area contributed by atoms with Crippen molar-refractivity contribution in [1.29, 1.82) is 5.26 Å². The Morgan fingerprint density at radius 3 is 2.38 bits per heavy atom. The molecular weight excluding hydrogens is 771 g/mol. The van der Waals surface area contributed by atoms with E-state index in [-0.39, 0.29) is 29.8 Å². The van der Waals surface area contributed by atoms with Gasteiger partial charge >= 0.3 is 0 Å². The Labute approximate surface area is 346 Å². The average molecular weight is 818 g/mol. The van der Waals surface area contributed by atoms with Crippen molar-refractivity contribution >= 4 is 51.8 Å². The number of nitriles is 1. The third-order valence-corrected chi connectivity index (χ3v) is 11.4. The molecule has 1 saturated heterocycles. The number of benzene rings is 1. The van der Waals surface area contributed by atoms with Gasteiger partial charge in [0.25, 0.3) is 11.8 Å². The molecule has 1 unspecified atom stereocenters. The van der Waals surface area contributed by atoms with Crippen molar-refractivity contribution in [2.75, 3.05) is 56.8 Å². The van der Waals surface area contributed by atoms with Gasteiger partial charge in [0, 0.05) is 61.6 Å². The quantitative estimate of drug-likeness (QED) is 0.0686. The second kappa shape index (κ2) is 18.4. The minimum absolute atomic E-state index is 0.0623. The Hall–Kier alpha value is -6.09. The van der Waals surface area contributed by atoms with Crippen molar-refractivity contribution < 1.29 is 38.2 Å². The summed E-state index contributed by atoms with van der Waals surface area (Å²) in [5.74, 6) is -0.770. The number of rotatable bonds is 19. The number of ketones is 1. The molecule has 0 bridgehead atoms. The van der Waals surface area contributed by atoms with Crippen molar-refractivity contribution in [1.82, 2.24) is 30.0 Å². The number of carbonyl (C=O) groups excluding carboxylic acids is 5. The molecule has 4 aliphatic rings. The molecule has 3 fully saturated rings. The fourth-order valence-electron chi connectivity index (χ4n) is 8.08. The zero-order chi connectivity index (χ0) is 41.6. The van der Waals surface area contributed by atoms with Gasteiger partial charge in [-0.25, -0.2) is 9.97 Å². The van der Waals surface area contributed by atoms with E-state index in [1.165, 1.54) is 6.20 Å². The number of imide groups is 2. The second-order valence-corrected chi connectivity index (χ2v) is 15.7. The lowest BCUT2D eigenvalue weighted by Crippen LogP contribution is -2.54. The summed E-state index contributed by atoms with van der Waals surface area (Å²) < 4.78 is 18.9. The molecule has 60 heavy (non-hydrogen) atoms. The molecule has 4 amide bonds. The van der Waals surface area contributed by atoms with Crippen LogP contribution in [0.5, 0.6) is 0 Å². The summed E-state index contributed by atoms with van der Waals surface area (Å²) in [4.78, 5) is 73.8. The first-order valence-corrected chi connectivity index (χ1v) is 20.6. The predicted molar refractivity (Wildman–Crippen MR) is 216 cm³/mol. The van der Waals surface area contributed by atoms with Gasteiger partial charge in [0.2, 0.25) is 11.8 Å². The van der Waals surface area contributed by atoms with Crippen molar-refractivity contribution in [3.8, 4) is 11.9 Å². The Balaban J connectivity index is 0.698. The Morgan fingerprint density at radius 1 is 0.850 bits per heavy atom. The van der Waals surface area contributed by atoms with Crippen LogP contribution in [0, 0.1) is 23.2 Å². The van der Waals surface area contributed by atoms with E-state index in [2.05, 4.69) is 37.1 Å². The molecule has 1 aromatic carbocycles. The summed E-state index contributed by atoms with van der Waals surface area (Å²) >= 11 is 0. The summed E-state index contributed by atoms with van der Waals surface area (Å²) in [5, 5.41) is 23.3. The molecule has 0 radical (unpaired) electrons. The molecule has 2 aliphatic carbocycles. The van der Waals surface area contributed by atoms with Gasteiger partial charge in [0.1, 0.15) is 12.1 Å². The van der Waals surface area contributed by atoms with Gasteiger partial charge in [0.05, 0.1) is 67.2 Å². The molecule has 2 aliphatic heterocycles. The Kier molecular flexibility index (Phi) is 12.5.